The molecule has 0 radical (unpaired) electrons. The van der Waals surface area contributed by atoms with Crippen molar-refractivity contribution in [2.24, 2.45) is 23.7 Å². The van der Waals surface area contributed by atoms with Crippen LogP contribution in [0.1, 0.15) is 118 Å². The number of carbonyl (C=O) groups is 1. The van der Waals surface area contributed by atoms with E-state index in [0.29, 0.717) is 11.7 Å². The second-order valence-corrected chi connectivity index (χ2v) is 9.80. The lowest BCUT2D eigenvalue weighted by atomic mass is 9.75. The Kier molecular flexibility index (Phi) is 9.43. The zero-order valence-electron chi connectivity index (χ0n) is 18.1. The first-order chi connectivity index (χ1) is 12.5. The van der Waals surface area contributed by atoms with Crippen molar-refractivity contribution < 1.29 is 4.79 Å². The first-order valence-corrected chi connectivity index (χ1v) is 11.7. The number of Topliss-reactive ketones (excluding diaryl/α,β-unsaturated/α-hetero) is 1. The van der Waals surface area contributed by atoms with Crippen molar-refractivity contribution in [1.82, 2.24) is 0 Å². The molecular formula is C25H44O. The topological polar surface area (TPSA) is 17.1 Å². The van der Waals surface area contributed by atoms with Gasteiger partial charge in [0.05, 0.1) is 0 Å². The van der Waals surface area contributed by atoms with Crippen LogP contribution in [0.25, 0.3) is 0 Å². The molecule has 26 heavy (non-hydrogen) atoms. The van der Waals surface area contributed by atoms with Gasteiger partial charge in [-0.05, 0) is 63.2 Å². The largest absolute Gasteiger partial charge is 0.299 e. The number of rotatable bonds is 10. The quantitative estimate of drug-likeness (QED) is 0.362. The first-order valence-electron chi connectivity index (χ1n) is 11.7. The SMILES string of the molecule is CCCC1=C(C)CCC(C(=O)CCC2CCC[C@H](CCCC(C)C)C2)C1. The van der Waals surface area contributed by atoms with E-state index in [1.54, 1.807) is 11.1 Å². The van der Waals surface area contributed by atoms with Crippen LogP contribution in [0.2, 0.25) is 0 Å². The van der Waals surface area contributed by atoms with Crippen LogP contribution in [-0.4, -0.2) is 5.78 Å². The zero-order valence-corrected chi connectivity index (χ0v) is 18.1. The standard InChI is InChI=1S/C25H44O/c1-5-8-23-18-24(15-13-20(23)4)25(26)16-14-22-12-7-11-21(17-22)10-6-9-19(2)3/h19,21-22,24H,5-18H2,1-4H3/t21-,22?,24?/m0/s1. The summed E-state index contributed by atoms with van der Waals surface area (Å²) in [6.45, 7) is 9.21. The van der Waals surface area contributed by atoms with E-state index in [2.05, 4.69) is 27.7 Å². The molecule has 3 atom stereocenters. The van der Waals surface area contributed by atoms with Gasteiger partial charge in [0.25, 0.3) is 0 Å². The molecular weight excluding hydrogens is 316 g/mol. The fourth-order valence-corrected chi connectivity index (χ4v) is 5.33. The van der Waals surface area contributed by atoms with Crippen LogP contribution in [0.5, 0.6) is 0 Å². The maximum atomic E-state index is 12.8. The number of hydrogen-bond donors (Lipinski definition) is 0. The lowest BCUT2D eigenvalue weighted by molar-refractivity contribution is -0.123. The molecule has 2 aliphatic rings. The molecule has 2 unspecified atom stereocenters. The maximum absolute atomic E-state index is 12.8. The average molecular weight is 361 g/mol. The molecule has 0 amide bonds. The average Bonchev–Trinajstić information content (AvgIpc) is 2.62. The number of carbonyl (C=O) groups excluding carboxylic acids is 1. The molecule has 0 bridgehead atoms. The molecule has 0 saturated heterocycles. The Morgan fingerprint density at radius 2 is 1.85 bits per heavy atom. The Morgan fingerprint density at radius 1 is 1.12 bits per heavy atom. The molecule has 0 heterocycles. The van der Waals surface area contributed by atoms with Crippen molar-refractivity contribution >= 4 is 5.78 Å². The van der Waals surface area contributed by atoms with Crippen molar-refractivity contribution in [2.45, 2.75) is 118 Å². The fraction of sp³-hybridized carbons (Fsp3) is 0.880. The maximum Gasteiger partial charge on any atom is 0.136 e. The first kappa shape index (κ1) is 21.7. The fourth-order valence-electron chi connectivity index (χ4n) is 5.33. The van der Waals surface area contributed by atoms with Crippen molar-refractivity contribution in [3.8, 4) is 0 Å². The summed E-state index contributed by atoms with van der Waals surface area (Å²) in [6, 6.07) is 0. The second-order valence-electron chi connectivity index (χ2n) is 9.80. The van der Waals surface area contributed by atoms with Gasteiger partial charge in [0.2, 0.25) is 0 Å². The van der Waals surface area contributed by atoms with Gasteiger partial charge in [-0.1, -0.05) is 76.9 Å². The lowest BCUT2D eigenvalue weighted by Gasteiger charge is -2.30. The number of hydrogen-bond acceptors (Lipinski definition) is 1. The highest BCUT2D eigenvalue weighted by Crippen LogP contribution is 2.37. The molecule has 1 nitrogen and oxygen atoms in total. The van der Waals surface area contributed by atoms with E-state index in [1.807, 2.05) is 0 Å². The van der Waals surface area contributed by atoms with E-state index in [9.17, 15) is 4.79 Å². The number of ketones is 1. The van der Waals surface area contributed by atoms with Crippen LogP contribution in [0.15, 0.2) is 11.1 Å². The molecule has 0 aromatic rings. The highest BCUT2D eigenvalue weighted by atomic mass is 16.1. The van der Waals surface area contributed by atoms with Gasteiger partial charge in [-0.2, -0.15) is 0 Å². The minimum atomic E-state index is 0.339. The molecule has 0 aliphatic heterocycles. The normalized spacial score (nSPS) is 27.2. The molecule has 150 valence electrons. The minimum Gasteiger partial charge on any atom is -0.299 e. The monoisotopic (exact) mass is 360 g/mol. The Balaban J connectivity index is 1.71. The van der Waals surface area contributed by atoms with E-state index < -0.39 is 0 Å². The molecule has 1 saturated carbocycles. The molecule has 2 aliphatic carbocycles. The summed E-state index contributed by atoms with van der Waals surface area (Å²) in [5.41, 5.74) is 3.17. The summed E-state index contributed by atoms with van der Waals surface area (Å²) in [7, 11) is 0. The van der Waals surface area contributed by atoms with Gasteiger partial charge in [0.15, 0.2) is 0 Å². The highest BCUT2D eigenvalue weighted by Gasteiger charge is 2.27. The zero-order chi connectivity index (χ0) is 18.9. The van der Waals surface area contributed by atoms with Crippen molar-refractivity contribution in [3.05, 3.63) is 11.1 Å². The van der Waals surface area contributed by atoms with E-state index in [0.717, 1.165) is 43.4 Å². The summed E-state index contributed by atoms with van der Waals surface area (Å²) >= 11 is 0. The van der Waals surface area contributed by atoms with E-state index in [-0.39, 0.29) is 0 Å². The Morgan fingerprint density at radius 3 is 2.54 bits per heavy atom. The molecule has 1 fully saturated rings. The van der Waals surface area contributed by atoms with Gasteiger partial charge in [-0.25, -0.2) is 0 Å². The van der Waals surface area contributed by atoms with E-state index in [1.165, 1.54) is 64.2 Å². The van der Waals surface area contributed by atoms with Crippen LogP contribution >= 0.6 is 0 Å². The molecule has 0 N–H and O–H groups in total. The summed E-state index contributed by atoms with van der Waals surface area (Å²) < 4.78 is 0. The molecule has 0 spiro atoms. The van der Waals surface area contributed by atoms with E-state index in [4.69, 9.17) is 0 Å². The molecule has 2 rings (SSSR count). The summed E-state index contributed by atoms with van der Waals surface area (Å²) in [5, 5.41) is 0. The van der Waals surface area contributed by atoms with Gasteiger partial charge < -0.3 is 0 Å². The third-order valence-electron chi connectivity index (χ3n) is 7.06. The van der Waals surface area contributed by atoms with E-state index >= 15 is 0 Å². The van der Waals surface area contributed by atoms with Crippen molar-refractivity contribution in [2.75, 3.05) is 0 Å². The minimum absolute atomic E-state index is 0.339. The molecule has 0 aromatic carbocycles. The van der Waals surface area contributed by atoms with Gasteiger partial charge in [-0.15, -0.1) is 0 Å². The van der Waals surface area contributed by atoms with Crippen LogP contribution in [0.3, 0.4) is 0 Å². The van der Waals surface area contributed by atoms with Gasteiger partial charge >= 0.3 is 0 Å². The Bertz CT molecular complexity index is 459. The van der Waals surface area contributed by atoms with Crippen molar-refractivity contribution in [1.29, 1.82) is 0 Å². The van der Waals surface area contributed by atoms with Gasteiger partial charge in [0.1, 0.15) is 5.78 Å². The summed E-state index contributed by atoms with van der Waals surface area (Å²) in [5.74, 6) is 3.53. The second kappa shape index (κ2) is 11.3. The summed E-state index contributed by atoms with van der Waals surface area (Å²) in [4.78, 5) is 12.8. The van der Waals surface area contributed by atoms with Crippen molar-refractivity contribution in [3.63, 3.8) is 0 Å². The Labute approximate surface area is 163 Å². The smallest absolute Gasteiger partial charge is 0.136 e. The van der Waals surface area contributed by atoms with Crippen LogP contribution in [0.4, 0.5) is 0 Å². The predicted molar refractivity (Wildman–Crippen MR) is 113 cm³/mol. The van der Waals surface area contributed by atoms with Crippen LogP contribution < -0.4 is 0 Å². The predicted octanol–water partition coefficient (Wildman–Crippen LogP) is 7.89. The van der Waals surface area contributed by atoms with Gasteiger partial charge in [-0.3, -0.25) is 4.79 Å². The highest BCUT2D eigenvalue weighted by molar-refractivity contribution is 5.81. The van der Waals surface area contributed by atoms with Gasteiger partial charge in [0, 0.05) is 12.3 Å². The van der Waals surface area contributed by atoms with Crippen LogP contribution in [-0.2, 0) is 4.79 Å². The third kappa shape index (κ3) is 7.20. The Hall–Kier alpha value is -0.590. The third-order valence-corrected chi connectivity index (χ3v) is 7.06. The van der Waals surface area contributed by atoms with Crippen LogP contribution in [0, 0.1) is 23.7 Å². The molecule has 1 heteroatoms. The number of allylic oxidation sites excluding steroid dienone is 2. The summed E-state index contributed by atoms with van der Waals surface area (Å²) in [6.07, 6.45) is 17.6. The molecule has 0 aromatic heterocycles. The lowest BCUT2D eigenvalue weighted by Crippen LogP contribution is -2.22.